The molecule has 0 unspecified atom stereocenters. The van der Waals surface area contributed by atoms with Crippen molar-refractivity contribution in [2.24, 2.45) is 0 Å². The van der Waals surface area contributed by atoms with Crippen LogP contribution < -0.4 is 20.3 Å². The van der Waals surface area contributed by atoms with Gasteiger partial charge >= 0.3 is 5.69 Å². The maximum atomic E-state index is 13.4. The Balaban J connectivity index is 1.02. The number of carbonyl (C=O) groups excluding carboxylic acids is 2. The van der Waals surface area contributed by atoms with E-state index in [-0.39, 0.29) is 23.5 Å². The van der Waals surface area contributed by atoms with Crippen molar-refractivity contribution in [3.05, 3.63) is 123 Å². The molecule has 57 heavy (non-hydrogen) atoms. The molecule has 5 heterocycles. The Bertz CT molecular complexity index is 2510. The normalized spacial score (nSPS) is 13.3. The molecule has 20 heteroatoms. The van der Waals surface area contributed by atoms with E-state index in [0.717, 1.165) is 39.6 Å². The van der Waals surface area contributed by atoms with Crippen LogP contribution in [0.4, 0.5) is 22.5 Å². The van der Waals surface area contributed by atoms with Crippen molar-refractivity contribution in [1.82, 2.24) is 34.2 Å². The van der Waals surface area contributed by atoms with Crippen LogP contribution in [0.15, 0.2) is 100 Å². The third-order valence-electron chi connectivity index (χ3n) is 9.03. The summed E-state index contributed by atoms with van der Waals surface area (Å²) in [5.41, 5.74) is 2.13. The van der Waals surface area contributed by atoms with Gasteiger partial charge in [-0.25, -0.2) is 32.6 Å². The molecule has 3 N–H and O–H groups in total. The van der Waals surface area contributed by atoms with E-state index < -0.39 is 31.4 Å². The van der Waals surface area contributed by atoms with Crippen LogP contribution in [0.1, 0.15) is 38.4 Å². The van der Waals surface area contributed by atoms with Crippen molar-refractivity contribution in [3.63, 3.8) is 0 Å². The Morgan fingerprint density at radius 2 is 1.89 bits per heavy atom. The maximum absolute atomic E-state index is 13.4. The second-order valence-corrected chi connectivity index (χ2v) is 16.9. The second kappa shape index (κ2) is 17.0. The minimum Gasteiger partial charge on any atom is -0.361 e. The number of hydrogen-bond donors (Lipinski definition) is 3. The second-order valence-electron chi connectivity index (χ2n) is 13.3. The number of pyridine rings is 1. The predicted molar refractivity (Wildman–Crippen MR) is 218 cm³/mol. The third-order valence-corrected chi connectivity index (χ3v) is 12.4. The van der Waals surface area contributed by atoms with E-state index in [0.29, 0.717) is 60.4 Å². The number of hydrogen-bond acceptors (Lipinski definition) is 15. The molecule has 0 bridgehead atoms. The number of imidazole rings is 1. The monoisotopic (exact) mass is 827 g/mol. The molecule has 0 saturated heterocycles. The van der Waals surface area contributed by atoms with Crippen LogP contribution in [-0.4, -0.2) is 93.6 Å². The zero-order chi connectivity index (χ0) is 40.1. The highest BCUT2D eigenvalue weighted by atomic mass is 32.2. The summed E-state index contributed by atoms with van der Waals surface area (Å²) in [7, 11) is -0.735. The average Bonchev–Trinajstić information content (AvgIpc) is 3.86. The summed E-state index contributed by atoms with van der Waals surface area (Å²) in [6.45, 7) is 1.55. The van der Waals surface area contributed by atoms with Gasteiger partial charge in [0.05, 0.1) is 17.3 Å². The highest BCUT2D eigenvalue weighted by Gasteiger charge is 2.29. The van der Waals surface area contributed by atoms with Gasteiger partial charge in [-0.2, -0.15) is 5.10 Å². The number of fused-ring (bicyclic) bond motifs is 2. The number of amides is 2. The van der Waals surface area contributed by atoms with Crippen LogP contribution in [0.5, 0.6) is 0 Å². The van der Waals surface area contributed by atoms with Crippen molar-refractivity contribution in [2.75, 3.05) is 48.5 Å². The van der Waals surface area contributed by atoms with Gasteiger partial charge in [-0.1, -0.05) is 30.3 Å². The Hall–Kier alpha value is -5.96. The van der Waals surface area contributed by atoms with Gasteiger partial charge in [0.1, 0.15) is 10.6 Å². The summed E-state index contributed by atoms with van der Waals surface area (Å²) < 4.78 is 30.3. The van der Waals surface area contributed by atoms with Crippen LogP contribution in [0, 0.1) is 10.1 Å². The van der Waals surface area contributed by atoms with E-state index in [2.05, 4.69) is 30.7 Å². The minimum absolute atomic E-state index is 0.0805. The van der Waals surface area contributed by atoms with Gasteiger partial charge in [0, 0.05) is 53.0 Å². The number of thiazole rings is 1. The highest BCUT2D eigenvalue weighted by molar-refractivity contribution is 7.99. The molecule has 0 spiro atoms. The quantitative estimate of drug-likeness (QED) is 0.0711. The molecule has 2 aromatic carbocycles. The molecule has 1 aliphatic rings. The van der Waals surface area contributed by atoms with E-state index in [1.165, 1.54) is 5.38 Å². The molecule has 7 rings (SSSR count). The fraction of sp³-hybridized carbons (Fsp3) is 0.243. The minimum atomic E-state index is -4.59. The van der Waals surface area contributed by atoms with Crippen molar-refractivity contribution in [1.29, 1.82) is 0 Å². The first-order valence-corrected chi connectivity index (χ1v) is 21.0. The molecule has 0 aliphatic carbocycles. The first-order chi connectivity index (χ1) is 27.4. The average molecular weight is 828 g/mol. The first kappa shape index (κ1) is 39.3. The molecular formula is C37H37N11O6S3. The summed E-state index contributed by atoms with van der Waals surface area (Å²) in [5.74, 6) is -0.506. The van der Waals surface area contributed by atoms with E-state index in [1.54, 1.807) is 46.9 Å². The standard InChI is InChI=1S/C37H37N11O6S3/c1-45(2)16-14-25(22-55-26-9-4-3-5-10-26)40-34-31(48(51)52)18-27(19-38-34)57(53,54)44-36(50)30-23-56-37(41-30)46-17-13-24-8-6-11-28(29(24)20-46)35(49)43-32-21-47-33(42-32)12-7-15-39-47/h3-12,15,18-19,21,23,25H,13-14,16-17,20,22H2,1-2H3,(H,38,40)(H,43,49)(H,44,50)/t25-/m1/s1. The smallest absolute Gasteiger partial charge is 0.312 e. The fourth-order valence-electron chi connectivity index (χ4n) is 6.13. The van der Waals surface area contributed by atoms with Crippen molar-refractivity contribution >= 4 is 73.0 Å². The predicted octanol–water partition coefficient (Wildman–Crippen LogP) is 4.95. The number of nitrogens with zero attached hydrogens (tertiary/aromatic N) is 8. The topological polar surface area (TPSA) is 210 Å². The summed E-state index contributed by atoms with van der Waals surface area (Å²) in [4.78, 5) is 55.5. The molecule has 6 aromatic rings. The van der Waals surface area contributed by atoms with E-state index in [9.17, 15) is 28.1 Å². The van der Waals surface area contributed by atoms with Crippen molar-refractivity contribution in [3.8, 4) is 0 Å². The highest BCUT2D eigenvalue weighted by Crippen LogP contribution is 2.31. The number of thioether (sulfide) groups is 1. The SMILES string of the molecule is CN(C)CC[C@H](CSc1ccccc1)Nc1ncc(S(=O)(=O)NC(=O)c2csc(N3CCc4cccc(C(=O)Nc5cn6ncccc6n5)c4C3)n2)cc1[N+](=O)[O-]. The molecule has 1 aliphatic heterocycles. The largest absolute Gasteiger partial charge is 0.361 e. The molecule has 4 aromatic heterocycles. The fourth-order valence-corrected chi connectivity index (χ4v) is 8.88. The van der Waals surface area contributed by atoms with Gasteiger partial charge in [0.2, 0.25) is 5.82 Å². The zero-order valence-corrected chi connectivity index (χ0v) is 33.2. The van der Waals surface area contributed by atoms with E-state index in [1.807, 2.05) is 71.1 Å². The summed E-state index contributed by atoms with van der Waals surface area (Å²) in [6, 6.07) is 19.4. The van der Waals surface area contributed by atoms with E-state index in [4.69, 9.17) is 0 Å². The number of aromatic nitrogens is 5. The van der Waals surface area contributed by atoms with Gasteiger partial charge in [-0.05, 0) is 74.9 Å². The number of nitrogens with one attached hydrogen (secondary N) is 3. The van der Waals surface area contributed by atoms with Gasteiger partial charge in [-0.15, -0.1) is 23.1 Å². The van der Waals surface area contributed by atoms with E-state index >= 15 is 0 Å². The number of carbonyl (C=O) groups is 2. The van der Waals surface area contributed by atoms with Crippen LogP contribution in [0.2, 0.25) is 0 Å². The van der Waals surface area contributed by atoms with Crippen LogP contribution in [0.3, 0.4) is 0 Å². The molecule has 1 atom stereocenters. The van der Waals surface area contributed by atoms with Gasteiger partial charge in [0.25, 0.3) is 21.8 Å². The maximum Gasteiger partial charge on any atom is 0.312 e. The molecule has 17 nitrogen and oxygen atoms in total. The molecule has 294 valence electrons. The lowest BCUT2D eigenvalue weighted by atomic mass is 9.94. The number of anilines is 3. The lowest BCUT2D eigenvalue weighted by Crippen LogP contribution is -2.33. The number of sulfonamides is 1. The lowest BCUT2D eigenvalue weighted by Gasteiger charge is -2.29. The van der Waals surface area contributed by atoms with Crippen LogP contribution in [0.25, 0.3) is 5.65 Å². The first-order valence-electron chi connectivity index (χ1n) is 17.7. The molecular weight excluding hydrogens is 791 g/mol. The molecule has 2 amide bonds. The Morgan fingerprint density at radius 3 is 2.67 bits per heavy atom. The van der Waals surface area contributed by atoms with Crippen molar-refractivity contribution < 1.29 is 22.9 Å². The number of rotatable bonds is 15. The van der Waals surface area contributed by atoms with Gasteiger partial charge in [0.15, 0.2) is 16.6 Å². The van der Waals surface area contributed by atoms with Gasteiger partial charge in [-0.3, -0.25) is 19.7 Å². The Kier molecular flexibility index (Phi) is 11.7. The summed E-state index contributed by atoms with van der Waals surface area (Å²) >= 11 is 2.73. The van der Waals surface area contributed by atoms with Crippen molar-refractivity contribution in [2.45, 2.75) is 35.2 Å². The third kappa shape index (κ3) is 9.37. The van der Waals surface area contributed by atoms with Crippen LogP contribution >= 0.6 is 23.1 Å². The number of nitro groups is 1. The zero-order valence-electron chi connectivity index (χ0n) is 30.7. The summed E-state index contributed by atoms with van der Waals surface area (Å²) in [6.07, 6.45) is 5.46. The lowest BCUT2D eigenvalue weighted by molar-refractivity contribution is -0.384. The Morgan fingerprint density at radius 1 is 1.07 bits per heavy atom. The molecule has 0 fully saturated rings. The van der Waals surface area contributed by atoms with Gasteiger partial charge < -0.3 is 20.4 Å². The van der Waals surface area contributed by atoms with Crippen LogP contribution in [-0.2, 0) is 23.0 Å². The molecule has 0 radical (unpaired) electrons. The Labute approximate surface area is 335 Å². The summed E-state index contributed by atoms with van der Waals surface area (Å²) in [5, 5.41) is 24.2. The molecule has 0 saturated carbocycles. The number of benzene rings is 2.